The number of hydrogen-bond acceptors (Lipinski definition) is 4. The van der Waals surface area contributed by atoms with Gasteiger partial charge >= 0.3 is 0 Å². The van der Waals surface area contributed by atoms with Gasteiger partial charge in [0.25, 0.3) is 17.7 Å². The maximum Gasteiger partial charge on any atom is 0.269 e. The Morgan fingerprint density at radius 1 is 0.759 bits per heavy atom. The first-order chi connectivity index (χ1) is 14.1. The number of aryl methyl sites for hydroxylation is 1. The van der Waals surface area contributed by atoms with Crippen LogP contribution >= 0.6 is 11.3 Å². The van der Waals surface area contributed by atoms with Crippen LogP contribution in [-0.2, 0) is 13.0 Å². The lowest BCUT2D eigenvalue weighted by molar-refractivity contribution is 0.0846. The van der Waals surface area contributed by atoms with Crippen LogP contribution in [0.4, 0.5) is 0 Å². The molecule has 1 aromatic heterocycles. The van der Waals surface area contributed by atoms with Gasteiger partial charge in [0.15, 0.2) is 0 Å². The largest absolute Gasteiger partial charge is 0.347 e. The standard InChI is InChI=1S/C22H21N3O3S/c1-2-15-5-9-17(10-6-15)20(26)24-25-21(27)18-11-7-16(8-12-18)14-23-22(28)19-4-3-13-29-19/h3-13H,2,14H2,1H3,(H,23,28)(H,24,26)(H,25,27). The van der Waals surface area contributed by atoms with Gasteiger partial charge in [-0.05, 0) is 53.3 Å². The molecule has 2 aromatic carbocycles. The van der Waals surface area contributed by atoms with Crippen molar-refractivity contribution in [3.05, 3.63) is 93.2 Å². The highest BCUT2D eigenvalue weighted by atomic mass is 32.1. The van der Waals surface area contributed by atoms with Gasteiger partial charge in [-0.15, -0.1) is 11.3 Å². The number of hydrazine groups is 1. The summed E-state index contributed by atoms with van der Waals surface area (Å²) in [4.78, 5) is 36.9. The molecule has 3 rings (SSSR count). The van der Waals surface area contributed by atoms with Crippen LogP contribution in [0.1, 0.15) is 48.4 Å². The lowest BCUT2D eigenvalue weighted by atomic mass is 10.1. The fourth-order valence-corrected chi connectivity index (χ4v) is 3.24. The number of carbonyl (C=O) groups excluding carboxylic acids is 3. The first-order valence-electron chi connectivity index (χ1n) is 9.17. The molecule has 0 aliphatic carbocycles. The molecule has 0 fully saturated rings. The van der Waals surface area contributed by atoms with Crippen molar-refractivity contribution in [2.45, 2.75) is 19.9 Å². The Morgan fingerprint density at radius 2 is 1.31 bits per heavy atom. The molecule has 7 heteroatoms. The lowest BCUT2D eigenvalue weighted by Crippen LogP contribution is -2.41. The van der Waals surface area contributed by atoms with Gasteiger partial charge in [0.2, 0.25) is 0 Å². The van der Waals surface area contributed by atoms with Crippen LogP contribution in [0.2, 0.25) is 0 Å². The van der Waals surface area contributed by atoms with Crippen LogP contribution in [0, 0.1) is 0 Å². The summed E-state index contributed by atoms with van der Waals surface area (Å²) in [5.41, 5.74) is 7.70. The average Bonchev–Trinajstić information content (AvgIpc) is 3.31. The van der Waals surface area contributed by atoms with Crippen molar-refractivity contribution in [2.24, 2.45) is 0 Å². The molecule has 0 atom stereocenters. The van der Waals surface area contributed by atoms with Crippen molar-refractivity contribution >= 4 is 29.1 Å². The second kappa shape index (κ2) is 9.66. The molecule has 0 radical (unpaired) electrons. The first kappa shape index (κ1) is 20.3. The van der Waals surface area contributed by atoms with E-state index in [1.54, 1.807) is 42.5 Å². The number of thiophene rings is 1. The fraction of sp³-hybridized carbons (Fsp3) is 0.136. The zero-order valence-corrected chi connectivity index (χ0v) is 16.7. The van der Waals surface area contributed by atoms with E-state index in [0.29, 0.717) is 22.5 Å². The third kappa shape index (κ3) is 5.52. The van der Waals surface area contributed by atoms with E-state index in [2.05, 4.69) is 16.2 Å². The number of amides is 3. The number of benzene rings is 2. The van der Waals surface area contributed by atoms with Crippen molar-refractivity contribution in [3.8, 4) is 0 Å². The molecule has 3 N–H and O–H groups in total. The first-order valence-corrected chi connectivity index (χ1v) is 10.0. The van der Waals surface area contributed by atoms with E-state index in [4.69, 9.17) is 0 Å². The summed E-state index contributed by atoms with van der Waals surface area (Å²) in [6.45, 7) is 2.40. The van der Waals surface area contributed by atoms with Crippen molar-refractivity contribution < 1.29 is 14.4 Å². The van der Waals surface area contributed by atoms with Crippen molar-refractivity contribution in [3.63, 3.8) is 0 Å². The summed E-state index contributed by atoms with van der Waals surface area (Å²) in [7, 11) is 0. The highest BCUT2D eigenvalue weighted by Gasteiger charge is 2.10. The second-order valence-electron chi connectivity index (χ2n) is 6.32. The summed E-state index contributed by atoms with van der Waals surface area (Å²) in [6.07, 6.45) is 0.895. The van der Waals surface area contributed by atoms with Gasteiger partial charge in [0.05, 0.1) is 4.88 Å². The van der Waals surface area contributed by atoms with Gasteiger partial charge in [-0.25, -0.2) is 0 Å². The Kier molecular flexibility index (Phi) is 6.76. The van der Waals surface area contributed by atoms with Gasteiger partial charge in [-0.3, -0.25) is 25.2 Å². The van der Waals surface area contributed by atoms with E-state index in [0.717, 1.165) is 17.5 Å². The number of carbonyl (C=O) groups is 3. The zero-order chi connectivity index (χ0) is 20.6. The highest BCUT2D eigenvalue weighted by Crippen LogP contribution is 2.09. The Balaban J connectivity index is 1.49. The molecule has 0 spiro atoms. The molecule has 0 saturated heterocycles. The summed E-state index contributed by atoms with van der Waals surface area (Å²) in [5.74, 6) is -0.928. The number of rotatable bonds is 6. The quantitative estimate of drug-likeness (QED) is 0.548. The van der Waals surface area contributed by atoms with Gasteiger partial charge in [0.1, 0.15) is 0 Å². The van der Waals surface area contributed by atoms with Crippen molar-refractivity contribution in [1.82, 2.24) is 16.2 Å². The average molecular weight is 407 g/mol. The third-order valence-corrected chi connectivity index (χ3v) is 5.20. The molecule has 0 aliphatic rings. The second-order valence-corrected chi connectivity index (χ2v) is 7.26. The summed E-state index contributed by atoms with van der Waals surface area (Å²) in [5, 5.41) is 4.68. The molecule has 1 heterocycles. The molecule has 0 bridgehead atoms. The van der Waals surface area contributed by atoms with Crippen LogP contribution in [0.3, 0.4) is 0 Å². The minimum absolute atomic E-state index is 0.128. The molecule has 0 saturated carbocycles. The zero-order valence-electron chi connectivity index (χ0n) is 15.9. The van der Waals surface area contributed by atoms with Crippen LogP contribution in [0.25, 0.3) is 0 Å². The summed E-state index contributed by atoms with van der Waals surface area (Å²) >= 11 is 1.38. The maximum atomic E-state index is 12.2. The Hall–Kier alpha value is -3.45. The predicted octanol–water partition coefficient (Wildman–Crippen LogP) is 3.32. The fourth-order valence-electron chi connectivity index (χ4n) is 2.60. The van der Waals surface area contributed by atoms with Gasteiger partial charge in [-0.2, -0.15) is 0 Å². The number of hydrogen-bond donors (Lipinski definition) is 3. The van der Waals surface area contributed by atoms with E-state index >= 15 is 0 Å². The van der Waals surface area contributed by atoms with Crippen molar-refractivity contribution in [2.75, 3.05) is 0 Å². The van der Waals surface area contributed by atoms with E-state index in [-0.39, 0.29) is 11.8 Å². The molecule has 0 aliphatic heterocycles. The minimum Gasteiger partial charge on any atom is -0.347 e. The molecule has 3 amide bonds. The summed E-state index contributed by atoms with van der Waals surface area (Å²) in [6, 6.07) is 17.6. The molecular formula is C22H21N3O3S. The Bertz CT molecular complexity index is 981. The molecule has 3 aromatic rings. The van der Waals surface area contributed by atoms with E-state index in [1.165, 1.54) is 11.3 Å². The Morgan fingerprint density at radius 3 is 1.79 bits per heavy atom. The van der Waals surface area contributed by atoms with Gasteiger partial charge in [-0.1, -0.05) is 37.3 Å². The van der Waals surface area contributed by atoms with E-state index in [1.807, 2.05) is 30.5 Å². The smallest absolute Gasteiger partial charge is 0.269 e. The van der Waals surface area contributed by atoms with Crippen LogP contribution in [0.15, 0.2) is 66.0 Å². The normalized spacial score (nSPS) is 10.2. The molecule has 29 heavy (non-hydrogen) atoms. The van der Waals surface area contributed by atoms with Crippen molar-refractivity contribution in [1.29, 1.82) is 0 Å². The SMILES string of the molecule is CCc1ccc(C(=O)NNC(=O)c2ccc(CNC(=O)c3cccs3)cc2)cc1. The highest BCUT2D eigenvalue weighted by molar-refractivity contribution is 7.12. The maximum absolute atomic E-state index is 12.2. The third-order valence-electron chi connectivity index (χ3n) is 4.33. The molecular weight excluding hydrogens is 386 g/mol. The summed E-state index contributed by atoms with van der Waals surface area (Å²) < 4.78 is 0. The van der Waals surface area contributed by atoms with Crippen LogP contribution in [-0.4, -0.2) is 17.7 Å². The van der Waals surface area contributed by atoms with Crippen LogP contribution in [0.5, 0.6) is 0 Å². The molecule has 0 unspecified atom stereocenters. The van der Waals surface area contributed by atoms with E-state index in [9.17, 15) is 14.4 Å². The Labute approximate surface area is 172 Å². The molecule has 6 nitrogen and oxygen atoms in total. The van der Waals surface area contributed by atoms with E-state index < -0.39 is 5.91 Å². The minimum atomic E-state index is -0.419. The lowest BCUT2D eigenvalue weighted by Gasteiger charge is -2.09. The topological polar surface area (TPSA) is 87.3 Å². The predicted molar refractivity (Wildman–Crippen MR) is 113 cm³/mol. The molecule has 148 valence electrons. The van der Waals surface area contributed by atoms with Gasteiger partial charge < -0.3 is 5.32 Å². The monoisotopic (exact) mass is 407 g/mol. The number of nitrogens with one attached hydrogen (secondary N) is 3. The van der Waals surface area contributed by atoms with Gasteiger partial charge in [0, 0.05) is 17.7 Å². The van der Waals surface area contributed by atoms with Crippen LogP contribution < -0.4 is 16.2 Å².